The average Bonchev–Trinajstić information content (AvgIpc) is 3.51. The molecule has 3 aromatic heterocycles. The minimum Gasteiger partial charge on any atom is -0.370 e. The van der Waals surface area contributed by atoms with Crippen molar-refractivity contribution in [3.63, 3.8) is 0 Å². The van der Waals surface area contributed by atoms with Crippen molar-refractivity contribution in [3.05, 3.63) is 58.6 Å². The number of H-pyrrole nitrogens is 1. The summed E-state index contributed by atoms with van der Waals surface area (Å²) in [6, 6.07) is 5.83. The van der Waals surface area contributed by atoms with Crippen LogP contribution in [0.5, 0.6) is 0 Å². The Kier molecular flexibility index (Phi) is 6.88. The molecule has 0 radical (unpaired) electrons. The lowest BCUT2D eigenvalue weighted by Crippen LogP contribution is -2.43. The van der Waals surface area contributed by atoms with Crippen molar-refractivity contribution in [2.45, 2.75) is 58.4 Å². The van der Waals surface area contributed by atoms with Gasteiger partial charge in [-0.3, -0.25) is 4.90 Å². The van der Waals surface area contributed by atoms with Gasteiger partial charge in [0.2, 0.25) is 0 Å². The van der Waals surface area contributed by atoms with Crippen LogP contribution >= 0.6 is 11.6 Å². The molecule has 1 aliphatic heterocycles. The Labute approximate surface area is 234 Å². The molecule has 4 aromatic rings. The second kappa shape index (κ2) is 10.2. The van der Waals surface area contributed by atoms with Gasteiger partial charge in [0.25, 0.3) is 0 Å². The van der Waals surface area contributed by atoms with Gasteiger partial charge in [0, 0.05) is 55.1 Å². The Morgan fingerprint density at radius 2 is 2.00 bits per heavy atom. The highest BCUT2D eigenvalue weighted by Crippen LogP contribution is 2.54. The van der Waals surface area contributed by atoms with Crippen LogP contribution in [0.3, 0.4) is 0 Å². The molecule has 0 spiro atoms. The molecular weight excluding hydrogens is 513 g/mol. The zero-order valence-corrected chi connectivity index (χ0v) is 23.9. The van der Waals surface area contributed by atoms with Gasteiger partial charge < -0.3 is 14.9 Å². The molecule has 39 heavy (non-hydrogen) atoms. The maximum absolute atomic E-state index is 16.4. The molecule has 0 unspecified atom stereocenters. The fraction of sp³-hybridized carbons (Fsp3) is 0.500. The monoisotopic (exact) mass is 549 g/mol. The maximum atomic E-state index is 16.4. The van der Waals surface area contributed by atoms with Crippen molar-refractivity contribution >= 4 is 28.3 Å². The molecule has 6 rings (SSSR count). The predicted molar refractivity (Wildman–Crippen MR) is 155 cm³/mol. The molecule has 1 aromatic carbocycles. The highest BCUT2D eigenvalue weighted by Gasteiger charge is 2.49. The van der Waals surface area contributed by atoms with Gasteiger partial charge in [0.1, 0.15) is 18.0 Å². The van der Waals surface area contributed by atoms with Gasteiger partial charge in [0.05, 0.1) is 16.0 Å². The number of aryl methyl sites for hydroxylation is 1. The summed E-state index contributed by atoms with van der Waals surface area (Å²) in [6.07, 6.45) is 7.80. The molecule has 7 nitrogen and oxygen atoms in total. The largest absolute Gasteiger partial charge is 0.370 e. The first-order valence-corrected chi connectivity index (χ1v) is 14.5. The van der Waals surface area contributed by atoms with Crippen molar-refractivity contribution in [2.75, 3.05) is 25.0 Å². The number of aromatic amines is 1. The minimum atomic E-state index is -0.382. The highest BCUT2D eigenvalue weighted by molar-refractivity contribution is 6.36. The van der Waals surface area contributed by atoms with Gasteiger partial charge in [-0.1, -0.05) is 25.4 Å². The number of piperidine rings is 1. The summed E-state index contributed by atoms with van der Waals surface area (Å²) in [7, 11) is 1.97. The number of aromatic nitrogens is 5. The fourth-order valence-electron chi connectivity index (χ4n) is 6.94. The lowest BCUT2D eigenvalue weighted by Gasteiger charge is -2.47. The Bertz CT molecular complexity index is 1500. The first-order valence-electron chi connectivity index (χ1n) is 14.1. The van der Waals surface area contributed by atoms with Crippen molar-refractivity contribution in [1.82, 2.24) is 29.6 Å². The quantitative estimate of drug-likeness (QED) is 0.274. The molecule has 0 amide bonds. The number of fused-ring (bicyclic) bond motifs is 1. The van der Waals surface area contributed by atoms with E-state index in [9.17, 15) is 0 Å². The van der Waals surface area contributed by atoms with E-state index in [-0.39, 0.29) is 11.2 Å². The van der Waals surface area contributed by atoms with E-state index in [1.54, 1.807) is 18.6 Å². The molecule has 2 aliphatic rings. The van der Waals surface area contributed by atoms with Gasteiger partial charge in [-0.25, -0.2) is 9.37 Å². The van der Waals surface area contributed by atoms with E-state index in [2.05, 4.69) is 50.3 Å². The highest BCUT2D eigenvalue weighted by atomic mass is 35.5. The normalized spacial score (nSPS) is 23.7. The van der Waals surface area contributed by atoms with Crippen LogP contribution in [-0.2, 0) is 19.0 Å². The molecule has 1 atom stereocenters. The van der Waals surface area contributed by atoms with Gasteiger partial charge in [-0.05, 0) is 74.8 Å². The molecule has 1 saturated carbocycles. The van der Waals surface area contributed by atoms with Gasteiger partial charge in [0.15, 0.2) is 5.82 Å². The SMILES string of the molecule is CCNc1cc(C2(c3nncn3C)CC(C)C2)c(-c2cc(Cl)c3cc(CN4CCC[C@H](C)C4)[nH]c3c2F)cn1. The molecule has 2 fully saturated rings. The van der Waals surface area contributed by atoms with Crippen molar-refractivity contribution in [3.8, 4) is 11.1 Å². The molecule has 206 valence electrons. The van der Waals surface area contributed by atoms with Gasteiger partial charge in [-0.2, -0.15) is 0 Å². The maximum Gasteiger partial charge on any atom is 0.155 e. The number of benzene rings is 1. The van der Waals surface area contributed by atoms with Crippen molar-refractivity contribution < 1.29 is 4.39 Å². The summed E-state index contributed by atoms with van der Waals surface area (Å²) in [4.78, 5) is 10.5. The minimum absolute atomic E-state index is 0.299. The molecule has 2 N–H and O–H groups in total. The van der Waals surface area contributed by atoms with Crippen LogP contribution in [0.1, 0.15) is 63.5 Å². The number of rotatable bonds is 7. The summed E-state index contributed by atoms with van der Waals surface area (Å²) < 4.78 is 18.4. The van der Waals surface area contributed by atoms with Crippen molar-refractivity contribution in [2.24, 2.45) is 18.9 Å². The van der Waals surface area contributed by atoms with E-state index >= 15 is 4.39 Å². The summed E-state index contributed by atoms with van der Waals surface area (Å²) >= 11 is 6.85. The Morgan fingerprint density at radius 3 is 2.69 bits per heavy atom. The number of nitrogens with zero attached hydrogens (tertiary/aromatic N) is 5. The van der Waals surface area contributed by atoms with E-state index in [0.29, 0.717) is 27.9 Å². The first-order chi connectivity index (χ1) is 18.8. The Hall–Kier alpha value is -2.97. The lowest BCUT2D eigenvalue weighted by atomic mass is 9.57. The smallest absolute Gasteiger partial charge is 0.155 e. The topological polar surface area (TPSA) is 74.7 Å². The molecule has 1 saturated heterocycles. The van der Waals surface area contributed by atoms with Crippen LogP contribution in [0.2, 0.25) is 5.02 Å². The van der Waals surface area contributed by atoms with E-state index in [4.69, 9.17) is 11.6 Å². The summed E-state index contributed by atoms with van der Waals surface area (Å²) in [5.74, 6) is 2.56. The molecule has 0 bridgehead atoms. The van der Waals surface area contributed by atoms with E-state index in [1.165, 1.54) is 12.8 Å². The first kappa shape index (κ1) is 26.3. The van der Waals surface area contributed by atoms with Crippen LogP contribution in [-0.4, -0.2) is 49.3 Å². The predicted octanol–water partition coefficient (Wildman–Crippen LogP) is 6.53. The molecular formula is C30H37ClFN7. The third-order valence-electron chi connectivity index (χ3n) is 8.59. The molecule has 1 aliphatic carbocycles. The number of likely N-dealkylation sites (tertiary alicyclic amines) is 1. The van der Waals surface area contributed by atoms with E-state index in [0.717, 1.165) is 72.9 Å². The zero-order chi connectivity index (χ0) is 27.3. The zero-order valence-electron chi connectivity index (χ0n) is 23.2. The number of halogens is 2. The Balaban J connectivity index is 1.47. The van der Waals surface area contributed by atoms with Crippen LogP contribution in [0.4, 0.5) is 10.2 Å². The van der Waals surface area contributed by atoms with Crippen LogP contribution in [0.25, 0.3) is 22.0 Å². The second-order valence-electron chi connectivity index (χ2n) is 11.8. The second-order valence-corrected chi connectivity index (χ2v) is 12.2. The van der Waals surface area contributed by atoms with Crippen LogP contribution in [0.15, 0.2) is 30.7 Å². The number of pyridine rings is 1. The molecule has 4 heterocycles. The number of hydrogen-bond donors (Lipinski definition) is 2. The van der Waals surface area contributed by atoms with Crippen LogP contribution in [0, 0.1) is 17.7 Å². The van der Waals surface area contributed by atoms with E-state index < -0.39 is 0 Å². The Morgan fingerprint density at radius 1 is 1.18 bits per heavy atom. The summed E-state index contributed by atoms with van der Waals surface area (Å²) in [6.45, 7) is 10.2. The molecule has 9 heteroatoms. The third kappa shape index (κ3) is 4.61. The van der Waals surface area contributed by atoms with Crippen LogP contribution < -0.4 is 5.32 Å². The average molecular weight is 550 g/mol. The van der Waals surface area contributed by atoms with E-state index in [1.807, 2.05) is 24.6 Å². The summed E-state index contributed by atoms with van der Waals surface area (Å²) in [5, 5.41) is 13.3. The number of hydrogen-bond acceptors (Lipinski definition) is 5. The van der Waals surface area contributed by atoms with Gasteiger partial charge in [-0.15, -0.1) is 10.2 Å². The van der Waals surface area contributed by atoms with Gasteiger partial charge >= 0.3 is 0 Å². The van der Waals surface area contributed by atoms with Crippen molar-refractivity contribution in [1.29, 1.82) is 0 Å². The fourth-order valence-corrected chi connectivity index (χ4v) is 7.20. The third-order valence-corrected chi connectivity index (χ3v) is 8.91. The number of nitrogens with one attached hydrogen (secondary N) is 2. The summed E-state index contributed by atoms with van der Waals surface area (Å²) in [5.41, 5.74) is 3.27. The number of anilines is 1. The lowest BCUT2D eigenvalue weighted by molar-refractivity contribution is 0.175. The standard InChI is InChI=1S/C30H37ClFN7/c1-5-33-26-11-24(30(12-19(3)13-30)29-37-35-17-38(29)4)23(14-34-26)21-10-25(31)22-9-20(36-28(22)27(21)32)16-39-8-6-7-18(2)15-39/h9-11,14,17-19,36H,5-8,12-13,15-16H2,1-4H3,(H,33,34)/t18-,19?,30?/m0/s1.